The van der Waals surface area contributed by atoms with Crippen LogP contribution in [0.5, 0.6) is 0 Å². The normalized spacial score (nSPS) is 22.1. The molecule has 0 aliphatic heterocycles. The van der Waals surface area contributed by atoms with Gasteiger partial charge in [0.1, 0.15) is 0 Å². The summed E-state index contributed by atoms with van der Waals surface area (Å²) < 4.78 is 0. The number of carboxylic acids is 1. The number of thioether (sulfide) groups is 1. The Kier molecular flexibility index (Phi) is 7.43. The molecule has 20 heavy (non-hydrogen) atoms. The second-order valence-corrected chi connectivity index (χ2v) is 6.13. The molecule has 1 aliphatic carbocycles. The van der Waals surface area contributed by atoms with Crippen molar-refractivity contribution in [1.82, 2.24) is 10.6 Å². The van der Waals surface area contributed by atoms with E-state index in [1.807, 2.05) is 11.8 Å². The molecule has 6 nitrogen and oxygen atoms in total. The Hall–Kier alpha value is -1.24. The van der Waals surface area contributed by atoms with Gasteiger partial charge in [-0.15, -0.1) is 0 Å². The molecule has 2 atom stereocenters. The van der Waals surface area contributed by atoms with Crippen LogP contribution >= 0.6 is 11.8 Å². The molecule has 0 aromatic carbocycles. The number of urea groups is 1. The summed E-state index contributed by atoms with van der Waals surface area (Å²) in [5, 5.41) is 14.1. The average Bonchev–Trinajstić information content (AvgIpc) is 2.38. The molecule has 3 amide bonds. The van der Waals surface area contributed by atoms with Gasteiger partial charge in [0.15, 0.2) is 0 Å². The molecule has 0 spiro atoms. The van der Waals surface area contributed by atoms with E-state index in [9.17, 15) is 14.4 Å². The summed E-state index contributed by atoms with van der Waals surface area (Å²) >= 11 is 1.81. The maximum absolute atomic E-state index is 11.6. The molecule has 3 N–H and O–H groups in total. The first kappa shape index (κ1) is 16.8. The third-order valence-corrected chi connectivity index (χ3v) is 4.44. The number of hydrogen-bond acceptors (Lipinski definition) is 4. The quantitative estimate of drug-likeness (QED) is 0.694. The minimum atomic E-state index is -0.937. The van der Waals surface area contributed by atoms with Crippen LogP contribution in [-0.4, -0.2) is 40.6 Å². The maximum atomic E-state index is 11.6. The van der Waals surface area contributed by atoms with E-state index in [4.69, 9.17) is 5.11 Å². The summed E-state index contributed by atoms with van der Waals surface area (Å²) in [7, 11) is 0. The van der Waals surface area contributed by atoms with Gasteiger partial charge in [-0.1, -0.05) is 6.42 Å². The maximum Gasteiger partial charge on any atom is 0.321 e. The second-order valence-electron chi connectivity index (χ2n) is 4.99. The van der Waals surface area contributed by atoms with Crippen LogP contribution in [-0.2, 0) is 9.59 Å². The topological polar surface area (TPSA) is 95.5 Å². The van der Waals surface area contributed by atoms with Gasteiger partial charge in [0, 0.05) is 24.1 Å². The number of amides is 3. The van der Waals surface area contributed by atoms with Gasteiger partial charge in [0.05, 0.1) is 0 Å². The van der Waals surface area contributed by atoms with E-state index in [0.717, 1.165) is 19.3 Å². The highest BCUT2D eigenvalue weighted by Gasteiger charge is 2.23. The molecule has 114 valence electrons. The SMILES string of the molecule is CSC1CCCC(NC(=O)NC(=O)CCCC(=O)O)C1. The molecular weight excluding hydrogens is 280 g/mol. The minimum Gasteiger partial charge on any atom is -0.481 e. The van der Waals surface area contributed by atoms with Gasteiger partial charge in [0.2, 0.25) is 5.91 Å². The molecule has 1 aliphatic rings. The average molecular weight is 302 g/mol. The van der Waals surface area contributed by atoms with Crippen molar-refractivity contribution in [3.8, 4) is 0 Å². The van der Waals surface area contributed by atoms with Crippen molar-refractivity contribution in [2.24, 2.45) is 0 Å². The van der Waals surface area contributed by atoms with Crippen LogP contribution in [0.25, 0.3) is 0 Å². The molecule has 2 unspecified atom stereocenters. The number of aliphatic carboxylic acids is 1. The monoisotopic (exact) mass is 302 g/mol. The van der Waals surface area contributed by atoms with Crippen LogP contribution in [0.15, 0.2) is 0 Å². The fourth-order valence-corrected chi connectivity index (χ4v) is 3.13. The number of carbonyl (C=O) groups is 3. The third-order valence-electron chi connectivity index (χ3n) is 3.34. The number of rotatable bonds is 6. The molecule has 0 radical (unpaired) electrons. The Balaban J connectivity index is 2.21. The molecule has 1 fully saturated rings. The lowest BCUT2D eigenvalue weighted by molar-refractivity contribution is -0.137. The molecule has 1 saturated carbocycles. The first-order valence-electron chi connectivity index (χ1n) is 6.86. The van der Waals surface area contributed by atoms with Crippen molar-refractivity contribution in [3.63, 3.8) is 0 Å². The van der Waals surface area contributed by atoms with Crippen LogP contribution < -0.4 is 10.6 Å². The predicted octanol–water partition coefficient (Wildman–Crippen LogP) is 1.74. The fourth-order valence-electron chi connectivity index (χ4n) is 2.30. The number of carboxylic acid groups (broad SMARTS) is 1. The number of carbonyl (C=O) groups excluding carboxylic acids is 2. The van der Waals surface area contributed by atoms with Crippen molar-refractivity contribution >= 4 is 29.7 Å². The summed E-state index contributed by atoms with van der Waals surface area (Å²) in [6.45, 7) is 0. The lowest BCUT2D eigenvalue weighted by Gasteiger charge is -2.28. The molecule has 0 saturated heterocycles. The number of nitrogens with one attached hydrogen (secondary N) is 2. The lowest BCUT2D eigenvalue weighted by Crippen LogP contribution is -2.46. The zero-order valence-electron chi connectivity index (χ0n) is 11.7. The summed E-state index contributed by atoms with van der Waals surface area (Å²) in [5.74, 6) is -1.37. The smallest absolute Gasteiger partial charge is 0.321 e. The second kappa shape index (κ2) is 8.84. The Morgan fingerprint density at radius 1 is 1.25 bits per heavy atom. The van der Waals surface area contributed by atoms with Crippen molar-refractivity contribution < 1.29 is 19.5 Å². The van der Waals surface area contributed by atoms with Crippen LogP contribution in [0, 0.1) is 0 Å². The Labute approximate surface area is 123 Å². The van der Waals surface area contributed by atoms with Crippen molar-refractivity contribution in [1.29, 1.82) is 0 Å². The molecule has 1 rings (SSSR count). The summed E-state index contributed by atoms with van der Waals surface area (Å²) in [5.41, 5.74) is 0. The molecule has 0 aromatic rings. The van der Waals surface area contributed by atoms with E-state index >= 15 is 0 Å². The highest BCUT2D eigenvalue weighted by molar-refractivity contribution is 7.99. The first-order chi connectivity index (χ1) is 9.51. The Bertz CT molecular complexity index is 362. The minimum absolute atomic E-state index is 0.0534. The van der Waals surface area contributed by atoms with Gasteiger partial charge in [-0.25, -0.2) is 4.79 Å². The zero-order valence-corrected chi connectivity index (χ0v) is 12.5. The Morgan fingerprint density at radius 2 is 2.00 bits per heavy atom. The van der Waals surface area contributed by atoms with E-state index in [1.165, 1.54) is 6.42 Å². The molecule has 7 heteroatoms. The number of imide groups is 1. The predicted molar refractivity (Wildman–Crippen MR) is 77.7 cm³/mol. The van der Waals surface area contributed by atoms with Crippen LogP contribution in [0.3, 0.4) is 0 Å². The van der Waals surface area contributed by atoms with Gasteiger partial charge in [-0.2, -0.15) is 11.8 Å². The van der Waals surface area contributed by atoms with Crippen molar-refractivity contribution in [2.75, 3.05) is 6.26 Å². The highest BCUT2D eigenvalue weighted by atomic mass is 32.2. The standard InChI is InChI=1S/C13H22N2O4S/c1-20-10-5-2-4-9(8-10)14-13(19)15-11(16)6-3-7-12(17)18/h9-10H,2-8H2,1H3,(H,17,18)(H2,14,15,16,19). The van der Waals surface area contributed by atoms with E-state index in [2.05, 4.69) is 16.9 Å². The van der Waals surface area contributed by atoms with Gasteiger partial charge < -0.3 is 10.4 Å². The van der Waals surface area contributed by atoms with E-state index in [0.29, 0.717) is 5.25 Å². The van der Waals surface area contributed by atoms with Gasteiger partial charge >= 0.3 is 12.0 Å². The van der Waals surface area contributed by atoms with E-state index < -0.39 is 17.9 Å². The largest absolute Gasteiger partial charge is 0.481 e. The summed E-state index contributed by atoms with van der Waals surface area (Å²) in [6, 6.07) is -0.356. The third kappa shape index (κ3) is 6.79. The summed E-state index contributed by atoms with van der Waals surface area (Å²) in [4.78, 5) is 33.4. The zero-order chi connectivity index (χ0) is 15.0. The van der Waals surface area contributed by atoms with Crippen LogP contribution in [0.2, 0.25) is 0 Å². The molecule has 0 bridgehead atoms. The fraction of sp³-hybridized carbons (Fsp3) is 0.769. The van der Waals surface area contributed by atoms with E-state index in [-0.39, 0.29) is 25.3 Å². The Morgan fingerprint density at radius 3 is 2.65 bits per heavy atom. The van der Waals surface area contributed by atoms with Crippen molar-refractivity contribution in [2.45, 2.75) is 56.2 Å². The lowest BCUT2D eigenvalue weighted by atomic mass is 9.95. The summed E-state index contributed by atoms with van der Waals surface area (Å²) in [6.07, 6.45) is 6.44. The van der Waals surface area contributed by atoms with Gasteiger partial charge in [-0.05, 0) is 31.9 Å². The van der Waals surface area contributed by atoms with E-state index in [1.54, 1.807) is 0 Å². The first-order valence-corrected chi connectivity index (χ1v) is 8.15. The molecule has 0 aromatic heterocycles. The highest BCUT2D eigenvalue weighted by Crippen LogP contribution is 2.26. The molecule has 0 heterocycles. The van der Waals surface area contributed by atoms with Gasteiger partial charge in [-0.3, -0.25) is 14.9 Å². The van der Waals surface area contributed by atoms with Crippen molar-refractivity contribution in [3.05, 3.63) is 0 Å². The molecular formula is C13H22N2O4S. The van der Waals surface area contributed by atoms with Crippen LogP contribution in [0.1, 0.15) is 44.9 Å². The number of hydrogen-bond donors (Lipinski definition) is 3. The van der Waals surface area contributed by atoms with Crippen LogP contribution in [0.4, 0.5) is 4.79 Å². The van der Waals surface area contributed by atoms with Gasteiger partial charge in [0.25, 0.3) is 0 Å².